The van der Waals surface area contributed by atoms with E-state index in [1.54, 1.807) is 24.5 Å². The summed E-state index contributed by atoms with van der Waals surface area (Å²) in [7, 11) is 3.84. The smallest absolute Gasteiger partial charge is 0.340 e. The SMILES string of the molecule is Cc1c(CC(=O)NCCN(C)C)c(=O)oc2cc3occ(-c4ccc(F)cc4)c3cc12. The summed E-state index contributed by atoms with van der Waals surface area (Å²) in [5.41, 5.74) is 3.08. The van der Waals surface area contributed by atoms with E-state index in [4.69, 9.17) is 8.83 Å². The molecule has 1 N–H and O–H groups in total. The molecule has 2 heterocycles. The minimum Gasteiger partial charge on any atom is -0.464 e. The number of carbonyl (C=O) groups is 1. The molecule has 1 amide bonds. The molecular formula is C24H23FN2O4. The molecule has 160 valence electrons. The fraction of sp³-hybridized carbons (Fsp3) is 0.250. The van der Waals surface area contributed by atoms with Crippen LogP contribution in [0.2, 0.25) is 0 Å². The molecule has 0 aliphatic heterocycles. The first-order valence-corrected chi connectivity index (χ1v) is 9.98. The van der Waals surface area contributed by atoms with E-state index in [1.807, 2.05) is 32.0 Å². The number of furan rings is 1. The van der Waals surface area contributed by atoms with Gasteiger partial charge in [-0.05, 0) is 50.3 Å². The van der Waals surface area contributed by atoms with Crippen molar-refractivity contribution in [2.75, 3.05) is 27.2 Å². The van der Waals surface area contributed by atoms with E-state index in [2.05, 4.69) is 5.32 Å². The summed E-state index contributed by atoms with van der Waals surface area (Å²) in [4.78, 5) is 26.8. The molecule has 31 heavy (non-hydrogen) atoms. The van der Waals surface area contributed by atoms with Gasteiger partial charge in [0.05, 0.1) is 18.2 Å². The van der Waals surface area contributed by atoms with Gasteiger partial charge in [-0.2, -0.15) is 0 Å². The van der Waals surface area contributed by atoms with E-state index in [1.165, 1.54) is 12.1 Å². The molecule has 0 spiro atoms. The van der Waals surface area contributed by atoms with Gasteiger partial charge >= 0.3 is 5.63 Å². The van der Waals surface area contributed by atoms with E-state index in [0.717, 1.165) is 21.9 Å². The zero-order valence-corrected chi connectivity index (χ0v) is 17.6. The highest BCUT2D eigenvalue weighted by atomic mass is 19.1. The number of hydrogen-bond donors (Lipinski definition) is 1. The van der Waals surface area contributed by atoms with Crippen molar-refractivity contribution in [3.63, 3.8) is 0 Å². The fourth-order valence-corrected chi connectivity index (χ4v) is 3.61. The summed E-state index contributed by atoms with van der Waals surface area (Å²) in [6.45, 7) is 3.02. The van der Waals surface area contributed by atoms with Gasteiger partial charge < -0.3 is 19.1 Å². The maximum absolute atomic E-state index is 13.3. The van der Waals surface area contributed by atoms with Gasteiger partial charge in [-0.1, -0.05) is 12.1 Å². The maximum atomic E-state index is 13.3. The van der Waals surface area contributed by atoms with E-state index >= 15 is 0 Å². The number of amides is 1. The molecule has 0 aliphatic carbocycles. The molecule has 0 saturated carbocycles. The van der Waals surface area contributed by atoms with Gasteiger partial charge in [0.25, 0.3) is 0 Å². The number of hydrogen-bond acceptors (Lipinski definition) is 5. The zero-order valence-electron chi connectivity index (χ0n) is 17.6. The Morgan fingerprint density at radius 3 is 2.55 bits per heavy atom. The van der Waals surface area contributed by atoms with E-state index in [-0.39, 0.29) is 18.1 Å². The molecule has 6 nitrogen and oxygen atoms in total. The van der Waals surface area contributed by atoms with Crippen LogP contribution in [0.1, 0.15) is 11.1 Å². The predicted octanol–water partition coefficient (Wildman–Crippen LogP) is 3.87. The number of carbonyl (C=O) groups excluding carboxylic acids is 1. The van der Waals surface area contributed by atoms with Gasteiger partial charge in [-0.15, -0.1) is 0 Å². The average molecular weight is 422 g/mol. The number of fused-ring (bicyclic) bond motifs is 2. The van der Waals surface area contributed by atoms with Crippen LogP contribution in [0, 0.1) is 12.7 Å². The van der Waals surface area contributed by atoms with Crippen LogP contribution in [0.3, 0.4) is 0 Å². The molecule has 0 aliphatic rings. The van der Waals surface area contributed by atoms with Crippen LogP contribution in [-0.4, -0.2) is 38.0 Å². The molecule has 0 atom stereocenters. The quantitative estimate of drug-likeness (QED) is 0.478. The molecule has 0 fully saturated rings. The van der Waals surface area contributed by atoms with Gasteiger partial charge in [0.1, 0.15) is 17.0 Å². The highest BCUT2D eigenvalue weighted by Gasteiger charge is 2.17. The third-order valence-corrected chi connectivity index (χ3v) is 5.36. The third-order valence-electron chi connectivity index (χ3n) is 5.36. The van der Waals surface area contributed by atoms with Gasteiger partial charge in [0.2, 0.25) is 5.91 Å². The number of aryl methyl sites for hydroxylation is 1. The summed E-state index contributed by atoms with van der Waals surface area (Å²) in [6, 6.07) is 9.72. The predicted molar refractivity (Wildman–Crippen MR) is 118 cm³/mol. The van der Waals surface area contributed by atoms with Crippen molar-refractivity contribution in [3.8, 4) is 11.1 Å². The summed E-state index contributed by atoms with van der Waals surface area (Å²) in [6.07, 6.45) is 1.55. The van der Waals surface area contributed by atoms with Crippen LogP contribution >= 0.6 is 0 Å². The largest absolute Gasteiger partial charge is 0.464 e. The molecule has 4 aromatic rings. The molecule has 2 aromatic carbocycles. The Kier molecular flexibility index (Phi) is 5.61. The number of nitrogens with zero attached hydrogens (tertiary/aromatic N) is 1. The standard InChI is InChI=1S/C24H23FN2O4/c1-14-17-10-19-20(15-4-6-16(25)7-5-15)13-30-21(19)12-22(17)31-24(29)18(14)11-23(28)26-8-9-27(2)3/h4-7,10,12-13H,8-9,11H2,1-3H3,(H,26,28). The lowest BCUT2D eigenvalue weighted by atomic mass is 9.99. The topological polar surface area (TPSA) is 75.7 Å². The first-order chi connectivity index (χ1) is 14.8. The van der Waals surface area contributed by atoms with Gasteiger partial charge in [-0.25, -0.2) is 9.18 Å². The van der Waals surface area contributed by atoms with Crippen LogP contribution in [0.4, 0.5) is 4.39 Å². The summed E-state index contributed by atoms with van der Waals surface area (Å²) in [5.74, 6) is -0.541. The van der Waals surface area contributed by atoms with Crippen LogP contribution in [0.25, 0.3) is 33.1 Å². The van der Waals surface area contributed by atoms with Crippen LogP contribution in [0.5, 0.6) is 0 Å². The second-order valence-electron chi connectivity index (χ2n) is 7.82. The average Bonchev–Trinajstić information content (AvgIpc) is 3.13. The highest BCUT2D eigenvalue weighted by molar-refractivity contribution is 6.02. The summed E-state index contributed by atoms with van der Waals surface area (Å²) in [5, 5.41) is 4.37. The minimum absolute atomic E-state index is 0.0498. The molecule has 0 bridgehead atoms. The molecule has 7 heteroatoms. The van der Waals surface area contributed by atoms with Gasteiger partial charge in [-0.3, -0.25) is 4.79 Å². The Morgan fingerprint density at radius 1 is 1.10 bits per heavy atom. The minimum atomic E-state index is -0.530. The molecule has 0 unspecified atom stereocenters. The fourth-order valence-electron chi connectivity index (χ4n) is 3.61. The summed E-state index contributed by atoms with van der Waals surface area (Å²) < 4.78 is 24.5. The number of likely N-dealkylation sites (N-methyl/N-ethyl adjacent to an activating group) is 1. The third kappa shape index (κ3) is 4.22. The van der Waals surface area contributed by atoms with Crippen molar-refractivity contribution >= 4 is 27.8 Å². The number of halogens is 1. The van der Waals surface area contributed by atoms with Gasteiger partial charge in [0.15, 0.2) is 0 Å². The Labute approximate surface area is 178 Å². The Hall–Kier alpha value is -3.45. The highest BCUT2D eigenvalue weighted by Crippen LogP contribution is 2.34. The Bertz CT molecular complexity index is 1320. The normalized spacial score (nSPS) is 11.5. The van der Waals surface area contributed by atoms with E-state index < -0.39 is 5.63 Å². The second kappa shape index (κ2) is 8.35. The molecule has 0 radical (unpaired) electrons. The van der Waals surface area contributed by atoms with Crippen molar-refractivity contribution in [2.45, 2.75) is 13.3 Å². The Morgan fingerprint density at radius 2 is 1.84 bits per heavy atom. The zero-order chi connectivity index (χ0) is 22.1. The number of rotatable bonds is 6. The van der Waals surface area contributed by atoms with Crippen LogP contribution < -0.4 is 10.9 Å². The lowest BCUT2D eigenvalue weighted by molar-refractivity contribution is -0.120. The number of benzene rings is 2. The molecule has 0 saturated heterocycles. The maximum Gasteiger partial charge on any atom is 0.340 e. The molecular weight excluding hydrogens is 399 g/mol. The van der Waals surface area contributed by atoms with Crippen molar-refractivity contribution in [2.24, 2.45) is 0 Å². The van der Waals surface area contributed by atoms with Gasteiger partial charge in [0, 0.05) is 35.5 Å². The van der Waals surface area contributed by atoms with Crippen molar-refractivity contribution in [1.29, 1.82) is 0 Å². The lowest BCUT2D eigenvalue weighted by Gasteiger charge is -2.11. The van der Waals surface area contributed by atoms with Crippen LogP contribution in [-0.2, 0) is 11.2 Å². The van der Waals surface area contributed by atoms with Crippen molar-refractivity contribution in [1.82, 2.24) is 10.2 Å². The second-order valence-corrected chi connectivity index (χ2v) is 7.82. The van der Waals surface area contributed by atoms with E-state index in [0.29, 0.717) is 35.4 Å². The van der Waals surface area contributed by atoms with Crippen molar-refractivity contribution < 1.29 is 18.0 Å². The molecule has 4 rings (SSSR count). The van der Waals surface area contributed by atoms with Crippen LogP contribution in [0.15, 0.2) is 56.3 Å². The first kappa shape index (κ1) is 20.8. The lowest BCUT2D eigenvalue weighted by Crippen LogP contribution is -2.33. The monoisotopic (exact) mass is 422 g/mol. The Balaban J connectivity index is 1.73. The summed E-state index contributed by atoms with van der Waals surface area (Å²) >= 11 is 0. The number of nitrogens with one attached hydrogen (secondary N) is 1. The van der Waals surface area contributed by atoms with E-state index in [9.17, 15) is 14.0 Å². The molecule has 2 aromatic heterocycles. The first-order valence-electron chi connectivity index (χ1n) is 9.98. The van der Waals surface area contributed by atoms with Crippen molar-refractivity contribution in [3.05, 3.63) is 70.0 Å².